The first kappa shape index (κ1) is 23.4. The van der Waals surface area contributed by atoms with Gasteiger partial charge in [0.2, 0.25) is 0 Å². The average molecular weight is 235 g/mol. The minimum Gasteiger partial charge on any atom is -0.412 e. The molecule has 0 unspecified atom stereocenters. The molecule has 0 amide bonds. The van der Waals surface area contributed by atoms with Crippen molar-refractivity contribution >= 4 is 0 Å². The fraction of sp³-hybridized carbons (Fsp3) is 0.429. The van der Waals surface area contributed by atoms with Crippen molar-refractivity contribution in [2.24, 2.45) is 5.73 Å². The Hall–Kier alpha value is -2.49. The van der Waals surface area contributed by atoms with Gasteiger partial charge in [0.05, 0.1) is 0 Å². The second-order valence-corrected chi connectivity index (χ2v) is 1.53. The molecule has 0 aliphatic carbocycles. The maximum Gasteiger partial charge on any atom is 0.462 e. The van der Waals surface area contributed by atoms with Crippen LogP contribution in [0.5, 0.6) is 0 Å². The van der Waals surface area contributed by atoms with E-state index in [1.54, 1.807) is 6.07 Å². The van der Waals surface area contributed by atoms with E-state index in [0.29, 0.717) is 0 Å². The van der Waals surface area contributed by atoms with Crippen LogP contribution in [0.15, 0.2) is 0 Å². The van der Waals surface area contributed by atoms with Crippen LogP contribution in [0.4, 0.5) is 13.2 Å². The normalized spacial score (nSPS) is 6.44. The number of hydrogen-bond donors (Lipinski definition) is 1. The van der Waals surface area contributed by atoms with Gasteiger partial charge in [0.1, 0.15) is 6.07 Å². The molecule has 88 valence electrons. The molecule has 6 nitrogen and oxygen atoms in total. The van der Waals surface area contributed by atoms with Crippen molar-refractivity contribution < 1.29 is 18.6 Å². The minimum absolute atomic E-state index is 0. The molecule has 0 atom stereocenters. The molecule has 0 aromatic heterocycles. The maximum atomic E-state index is 10.8. The van der Waals surface area contributed by atoms with Crippen LogP contribution >= 0.6 is 0 Å². The van der Waals surface area contributed by atoms with E-state index in [-0.39, 0.29) is 12.0 Å². The zero-order chi connectivity index (χ0) is 12.7. The van der Waals surface area contributed by atoms with Crippen molar-refractivity contribution in [2.75, 3.05) is 13.1 Å². The number of nitrogens with zero attached hydrogens (tertiary/aromatic N) is 4. The Balaban J connectivity index is -0.0000000710. The molecule has 0 rings (SSSR count). The van der Waals surface area contributed by atoms with E-state index >= 15 is 0 Å². The monoisotopic (exact) mass is 235 g/mol. The molecule has 0 saturated heterocycles. The van der Waals surface area contributed by atoms with E-state index in [2.05, 4.69) is 15.4 Å². The summed E-state index contributed by atoms with van der Waals surface area (Å²) in [6.45, 7) is 10.4. The summed E-state index contributed by atoms with van der Waals surface area (Å²) in [5.74, 6) is 0. The van der Waals surface area contributed by atoms with Gasteiger partial charge in [0.25, 0.3) is 6.54 Å². The van der Waals surface area contributed by atoms with E-state index in [9.17, 15) is 13.2 Å². The van der Waals surface area contributed by atoms with Crippen LogP contribution in [-0.4, -0.2) is 24.7 Å². The summed E-state index contributed by atoms with van der Waals surface area (Å²) in [7, 11) is 0. The Bertz CT molecular complexity index is 288. The van der Waals surface area contributed by atoms with Crippen molar-refractivity contribution in [3.05, 3.63) is 22.8 Å². The lowest BCUT2D eigenvalue weighted by molar-refractivity contribution is -0.112. The highest BCUT2D eigenvalue weighted by molar-refractivity contribution is 4.81. The third-order valence-corrected chi connectivity index (χ3v) is 0.408. The van der Waals surface area contributed by atoms with E-state index in [1.165, 1.54) is 6.19 Å². The third-order valence-electron chi connectivity index (χ3n) is 0.408. The average Bonchev–Trinajstić information content (AvgIpc) is 2.05. The summed E-state index contributed by atoms with van der Waals surface area (Å²) in [4.78, 5) is 4.88. The van der Waals surface area contributed by atoms with Gasteiger partial charge >= 0.3 is 12.7 Å². The first-order valence-corrected chi connectivity index (χ1v) is 3.09. The molecule has 0 fully saturated rings. The highest BCUT2D eigenvalue weighted by Crippen LogP contribution is 2.13. The quantitative estimate of drug-likeness (QED) is 0.285. The van der Waals surface area contributed by atoms with Crippen LogP contribution in [0.1, 0.15) is 0 Å². The van der Waals surface area contributed by atoms with Crippen molar-refractivity contribution in [2.45, 2.75) is 6.18 Å². The Morgan fingerprint density at radius 3 is 1.56 bits per heavy atom. The summed E-state index contributed by atoms with van der Waals surface area (Å²) >= 11 is 0. The number of halogens is 3. The summed E-state index contributed by atoms with van der Waals surface area (Å²) in [5.41, 5.74) is 4.15. The molecule has 0 heterocycles. The number of rotatable bonds is 0. The molecule has 0 radical (unpaired) electrons. The zero-order valence-corrected chi connectivity index (χ0v) is 7.91. The highest BCUT2D eigenvalue weighted by Gasteiger charge is 2.31. The highest BCUT2D eigenvalue weighted by atomic mass is 19.4. The van der Waals surface area contributed by atoms with Crippen molar-refractivity contribution in [3.63, 3.8) is 0 Å². The third kappa shape index (κ3) is 103. The van der Waals surface area contributed by atoms with Gasteiger partial charge in [-0.25, -0.2) is 13.1 Å². The fourth-order valence-corrected chi connectivity index (χ4v) is 0.125. The van der Waals surface area contributed by atoms with Gasteiger partial charge in [0, 0.05) is 0 Å². The fourth-order valence-electron chi connectivity index (χ4n) is 0.125. The van der Waals surface area contributed by atoms with Crippen LogP contribution in [-0.2, 0) is 0 Å². The molecule has 0 aliphatic heterocycles. The van der Waals surface area contributed by atoms with Crippen LogP contribution in [0.25, 0.3) is 9.69 Å². The largest absolute Gasteiger partial charge is 0.462 e. The molecule has 0 bridgehead atoms. The number of hydrogen-bond acceptors (Lipinski definition) is 3. The second kappa shape index (κ2) is 18.3. The van der Waals surface area contributed by atoms with Gasteiger partial charge in [-0.3, -0.25) is 0 Å². The smallest absolute Gasteiger partial charge is 0.412 e. The molecule has 0 spiro atoms. The van der Waals surface area contributed by atoms with Crippen LogP contribution in [0.3, 0.4) is 0 Å². The van der Waals surface area contributed by atoms with E-state index in [0.717, 1.165) is 0 Å². The number of alkyl halides is 3. The topological polar surface area (TPSA) is 114 Å². The molecule has 0 saturated carbocycles. The zero-order valence-electron chi connectivity index (χ0n) is 7.91. The lowest BCUT2D eigenvalue weighted by Gasteiger charge is -1.91. The second-order valence-electron chi connectivity index (χ2n) is 1.53. The van der Waals surface area contributed by atoms with Crippen LogP contribution < -0.4 is 5.73 Å². The summed E-state index contributed by atoms with van der Waals surface area (Å²) in [6.07, 6.45) is -3.05. The van der Waals surface area contributed by atoms with E-state index < -0.39 is 12.7 Å². The van der Waals surface area contributed by atoms with Crippen LogP contribution in [0.2, 0.25) is 0 Å². The Labute approximate surface area is 90.2 Å². The van der Waals surface area contributed by atoms with E-state index in [4.69, 9.17) is 23.7 Å². The van der Waals surface area contributed by atoms with Crippen molar-refractivity contribution in [1.29, 1.82) is 10.5 Å². The number of nitrogens with two attached hydrogens (primary N) is 1. The van der Waals surface area contributed by atoms with E-state index in [1.807, 2.05) is 0 Å². The van der Waals surface area contributed by atoms with Gasteiger partial charge in [-0.1, -0.05) is 0 Å². The van der Waals surface area contributed by atoms with Gasteiger partial charge in [-0.15, -0.1) is 0 Å². The molecule has 9 heteroatoms. The Morgan fingerprint density at radius 1 is 1.19 bits per heavy atom. The van der Waals surface area contributed by atoms with Crippen LogP contribution in [0, 0.1) is 35.9 Å². The molecule has 4 N–H and O–H groups in total. The first-order valence-electron chi connectivity index (χ1n) is 3.09. The molecular formula is C7H8F3N5O. The molecule has 0 aliphatic rings. The molecule has 16 heavy (non-hydrogen) atoms. The Kier molecular flexibility index (Phi) is 26.8. The van der Waals surface area contributed by atoms with Gasteiger partial charge in [-0.05, 0) is 0 Å². The minimum atomic E-state index is -4.30. The summed E-state index contributed by atoms with van der Waals surface area (Å²) in [6, 6.07) is 1.66. The lowest BCUT2D eigenvalue weighted by atomic mass is 10.7. The Morgan fingerprint density at radius 2 is 1.56 bits per heavy atom. The molecular weight excluding hydrogens is 227 g/mol. The summed E-state index contributed by atoms with van der Waals surface area (Å²) < 4.78 is 32.5. The van der Waals surface area contributed by atoms with Gasteiger partial charge in [-0.2, -0.15) is 23.7 Å². The standard InChI is InChI=1S/C3H2F3N.C3H2N2.CH2N2.H2O/c1-7-2-3(4,5)6;1-5-3-2-4;2-1-3;/h2H2;3H2;2H2;1H2. The summed E-state index contributed by atoms with van der Waals surface area (Å²) in [5, 5.41) is 14.7. The van der Waals surface area contributed by atoms with Gasteiger partial charge in [0.15, 0.2) is 6.19 Å². The van der Waals surface area contributed by atoms with Crippen molar-refractivity contribution in [1.82, 2.24) is 0 Å². The SMILES string of the molecule is N#CN.O.[C-]#[N+]CC#N.[C-]#[N+]CC(F)(F)F. The molecule has 0 aromatic carbocycles. The predicted molar refractivity (Wildman–Crippen MR) is 48.0 cm³/mol. The van der Waals surface area contributed by atoms with Gasteiger partial charge < -0.3 is 20.9 Å². The molecule has 0 aromatic rings. The maximum absolute atomic E-state index is 10.8. The lowest BCUT2D eigenvalue weighted by Crippen LogP contribution is -2.09. The first-order chi connectivity index (χ1) is 6.89. The predicted octanol–water partition coefficient (Wildman–Crippen LogP) is 0.499. The van der Waals surface area contributed by atoms with Crippen molar-refractivity contribution in [3.8, 4) is 12.3 Å². The number of nitriles is 2.